The number of halogens is 3. The molecule has 2 fully saturated rings. The van der Waals surface area contributed by atoms with Gasteiger partial charge in [-0.15, -0.1) is 0 Å². The monoisotopic (exact) mass is 498 g/mol. The number of hydrogen-bond acceptors (Lipinski definition) is 6. The second-order valence-corrected chi connectivity index (χ2v) is 8.75. The third kappa shape index (κ3) is 6.84. The Morgan fingerprint density at radius 3 is 2.14 bits per heavy atom. The molecule has 10 heteroatoms. The highest BCUT2D eigenvalue weighted by Crippen LogP contribution is 2.33. The van der Waals surface area contributed by atoms with Crippen molar-refractivity contribution >= 4 is 11.2 Å². The first-order valence-corrected chi connectivity index (χ1v) is 12.0. The number of rotatable bonds is 2. The first-order valence-electron chi connectivity index (χ1n) is 12.0. The fourth-order valence-corrected chi connectivity index (χ4v) is 3.59. The normalized spacial score (nSPS) is 15.5. The molecule has 1 aliphatic heterocycles. The molecule has 0 spiro atoms. The van der Waals surface area contributed by atoms with Gasteiger partial charge in [-0.3, -0.25) is 4.68 Å². The lowest BCUT2D eigenvalue weighted by atomic mass is 10.1. The van der Waals surface area contributed by atoms with Crippen LogP contribution in [0.1, 0.15) is 55.1 Å². The second kappa shape index (κ2) is 11.6. The van der Waals surface area contributed by atoms with Gasteiger partial charge in [0.1, 0.15) is 17.5 Å². The third-order valence-corrected chi connectivity index (χ3v) is 5.89. The minimum Gasteiger partial charge on any atom is -0.381 e. The van der Waals surface area contributed by atoms with Crippen LogP contribution in [-0.2, 0) is 10.9 Å². The van der Waals surface area contributed by atoms with Crippen LogP contribution in [0.15, 0.2) is 49.1 Å². The van der Waals surface area contributed by atoms with Crippen LogP contribution in [0.2, 0.25) is 0 Å². The zero-order valence-electron chi connectivity index (χ0n) is 20.4. The molecule has 1 aromatic carbocycles. The smallest absolute Gasteiger partial charge is 0.381 e. The molecule has 0 atom stereocenters. The summed E-state index contributed by atoms with van der Waals surface area (Å²) in [5.74, 6) is 0. The zero-order chi connectivity index (χ0) is 25.5. The van der Waals surface area contributed by atoms with Crippen LogP contribution in [0.4, 0.5) is 13.2 Å². The van der Waals surface area contributed by atoms with Crippen molar-refractivity contribution in [1.82, 2.24) is 29.7 Å². The van der Waals surface area contributed by atoms with E-state index in [0.717, 1.165) is 42.8 Å². The van der Waals surface area contributed by atoms with Gasteiger partial charge in [0.2, 0.25) is 0 Å². The average molecular weight is 499 g/mol. The second-order valence-electron chi connectivity index (χ2n) is 8.75. The lowest BCUT2D eigenvalue weighted by Crippen LogP contribution is -2.04. The maximum Gasteiger partial charge on any atom is 0.416 e. The topological polar surface area (TPSA) is 78.6 Å². The number of hydrogen-bond donors (Lipinski definition) is 0. The van der Waals surface area contributed by atoms with Crippen LogP contribution in [0, 0.1) is 13.8 Å². The fraction of sp³-hybridized carbons (Fsp3) is 0.423. The van der Waals surface area contributed by atoms with E-state index in [2.05, 4.69) is 25.0 Å². The Balaban J connectivity index is 0.000000174. The van der Waals surface area contributed by atoms with Gasteiger partial charge in [-0.25, -0.2) is 19.9 Å². The first kappa shape index (κ1) is 25.7. The SMILES string of the molecule is C1CCOCC1.Cc1nc2ncnc(-c3ccc(C(F)(F)F)cc3)c2nc1C.c1cnn(C2CC2)c1. The summed E-state index contributed by atoms with van der Waals surface area (Å²) in [7, 11) is 0. The molecule has 4 heterocycles. The Morgan fingerprint density at radius 1 is 0.917 bits per heavy atom. The molecule has 3 aromatic heterocycles. The molecule has 2 aliphatic rings. The molecule has 6 rings (SSSR count). The van der Waals surface area contributed by atoms with E-state index in [9.17, 15) is 13.2 Å². The molecular formula is C26H29F3N6O. The third-order valence-electron chi connectivity index (χ3n) is 5.89. The maximum absolute atomic E-state index is 12.6. The van der Waals surface area contributed by atoms with E-state index in [1.165, 1.54) is 50.6 Å². The number of nitrogens with zero attached hydrogens (tertiary/aromatic N) is 6. The summed E-state index contributed by atoms with van der Waals surface area (Å²) in [6.45, 7) is 5.63. The van der Waals surface area contributed by atoms with Crippen LogP contribution in [-0.4, -0.2) is 42.9 Å². The summed E-state index contributed by atoms with van der Waals surface area (Å²) in [5, 5.41) is 4.09. The van der Waals surface area contributed by atoms with Crippen molar-refractivity contribution in [3.63, 3.8) is 0 Å². The van der Waals surface area contributed by atoms with Crippen LogP contribution < -0.4 is 0 Å². The van der Waals surface area contributed by atoms with Gasteiger partial charge in [-0.05, 0) is 64.2 Å². The number of aryl methyl sites for hydroxylation is 2. The van der Waals surface area contributed by atoms with Crippen molar-refractivity contribution in [2.24, 2.45) is 0 Å². The first-order chi connectivity index (χ1) is 17.3. The van der Waals surface area contributed by atoms with Gasteiger partial charge in [0.15, 0.2) is 5.65 Å². The van der Waals surface area contributed by atoms with Gasteiger partial charge in [0.25, 0.3) is 0 Å². The fourth-order valence-electron chi connectivity index (χ4n) is 3.59. The van der Waals surface area contributed by atoms with Crippen molar-refractivity contribution in [3.8, 4) is 11.3 Å². The molecule has 0 N–H and O–H groups in total. The molecule has 7 nitrogen and oxygen atoms in total. The number of ether oxygens (including phenoxy) is 1. The Morgan fingerprint density at radius 2 is 1.61 bits per heavy atom. The average Bonchev–Trinajstić information content (AvgIpc) is 3.59. The minimum atomic E-state index is -4.36. The molecule has 0 unspecified atom stereocenters. The molecule has 0 radical (unpaired) electrons. The van der Waals surface area contributed by atoms with Crippen LogP contribution in [0.3, 0.4) is 0 Å². The Bertz CT molecular complexity index is 1240. The van der Waals surface area contributed by atoms with Gasteiger partial charge < -0.3 is 4.74 Å². The summed E-state index contributed by atoms with van der Waals surface area (Å²) < 4.78 is 45.0. The van der Waals surface area contributed by atoms with E-state index in [4.69, 9.17) is 4.74 Å². The van der Waals surface area contributed by atoms with Gasteiger partial charge in [-0.2, -0.15) is 18.3 Å². The van der Waals surface area contributed by atoms with E-state index in [1.54, 1.807) is 0 Å². The summed E-state index contributed by atoms with van der Waals surface area (Å²) in [4.78, 5) is 16.9. The van der Waals surface area contributed by atoms with Crippen LogP contribution in [0.25, 0.3) is 22.4 Å². The van der Waals surface area contributed by atoms with Crippen LogP contribution in [0.5, 0.6) is 0 Å². The molecule has 4 aromatic rings. The van der Waals surface area contributed by atoms with Gasteiger partial charge in [-0.1, -0.05) is 12.1 Å². The van der Waals surface area contributed by atoms with E-state index in [0.29, 0.717) is 22.4 Å². The van der Waals surface area contributed by atoms with Gasteiger partial charge in [0, 0.05) is 31.2 Å². The number of fused-ring (bicyclic) bond motifs is 1. The van der Waals surface area contributed by atoms with Crippen molar-refractivity contribution in [3.05, 3.63) is 66.0 Å². The molecule has 36 heavy (non-hydrogen) atoms. The molecule has 0 amide bonds. The lowest BCUT2D eigenvalue weighted by Gasteiger charge is -2.09. The molecule has 0 bridgehead atoms. The highest BCUT2D eigenvalue weighted by Gasteiger charge is 2.30. The van der Waals surface area contributed by atoms with Gasteiger partial charge >= 0.3 is 6.18 Å². The van der Waals surface area contributed by atoms with Crippen molar-refractivity contribution in [1.29, 1.82) is 0 Å². The van der Waals surface area contributed by atoms with Gasteiger partial charge in [0.05, 0.1) is 23.0 Å². The predicted octanol–water partition coefficient (Wildman–Crippen LogP) is 6.13. The highest BCUT2D eigenvalue weighted by atomic mass is 19.4. The summed E-state index contributed by atoms with van der Waals surface area (Å²) in [6.07, 6.45) is 7.40. The molecule has 1 saturated heterocycles. The summed E-state index contributed by atoms with van der Waals surface area (Å²) >= 11 is 0. The van der Waals surface area contributed by atoms with Crippen molar-refractivity contribution in [2.45, 2.75) is 58.2 Å². The number of alkyl halides is 3. The molecule has 1 saturated carbocycles. The summed E-state index contributed by atoms with van der Waals surface area (Å²) in [5.41, 5.74) is 2.69. The lowest BCUT2D eigenvalue weighted by molar-refractivity contribution is -0.137. The van der Waals surface area contributed by atoms with Crippen molar-refractivity contribution < 1.29 is 17.9 Å². The Hall–Kier alpha value is -3.40. The largest absolute Gasteiger partial charge is 0.416 e. The van der Waals surface area contributed by atoms with E-state index >= 15 is 0 Å². The predicted molar refractivity (Wildman–Crippen MR) is 130 cm³/mol. The molecular weight excluding hydrogens is 469 g/mol. The van der Waals surface area contributed by atoms with E-state index in [1.807, 2.05) is 37.0 Å². The zero-order valence-corrected chi connectivity index (χ0v) is 20.4. The standard InChI is InChI=1S/C15H11F3N4.C6H8N2.C5H10O/c1-8-9(2)22-14-13(21-8)12(19-7-20-14)10-3-5-11(6-4-10)15(16,17)18;1-4-7-8(5-1)6-2-3-6;1-2-4-6-5-3-1/h3-7H,1-2H3;1,4-6H,2-3H2;1-5H2. The highest BCUT2D eigenvalue weighted by molar-refractivity contribution is 5.86. The Labute approximate surface area is 207 Å². The summed E-state index contributed by atoms with van der Waals surface area (Å²) in [6, 6.07) is 7.52. The van der Waals surface area contributed by atoms with E-state index < -0.39 is 11.7 Å². The molecule has 190 valence electrons. The quantitative estimate of drug-likeness (QED) is 0.331. The maximum atomic E-state index is 12.6. The number of benzene rings is 1. The van der Waals surface area contributed by atoms with E-state index in [-0.39, 0.29) is 0 Å². The number of aromatic nitrogens is 6. The molecule has 1 aliphatic carbocycles. The van der Waals surface area contributed by atoms with Crippen molar-refractivity contribution in [2.75, 3.05) is 13.2 Å². The van der Waals surface area contributed by atoms with Crippen LogP contribution >= 0.6 is 0 Å². The minimum absolute atomic E-state index is 0.424. The Kier molecular flexibility index (Phi) is 8.25.